The van der Waals surface area contributed by atoms with Gasteiger partial charge < -0.3 is 13.7 Å². The summed E-state index contributed by atoms with van der Waals surface area (Å²) >= 11 is 6.15. The molecule has 1 atom stereocenters. The van der Waals surface area contributed by atoms with E-state index in [9.17, 15) is 0 Å². The summed E-state index contributed by atoms with van der Waals surface area (Å²) < 4.78 is 13.4. The van der Waals surface area contributed by atoms with Crippen molar-refractivity contribution in [3.05, 3.63) is 53.2 Å². The molecule has 21 heavy (non-hydrogen) atoms. The fourth-order valence-corrected chi connectivity index (χ4v) is 3.03. The Hall–Kier alpha value is -1.78. The van der Waals surface area contributed by atoms with Crippen molar-refractivity contribution in [1.29, 1.82) is 0 Å². The van der Waals surface area contributed by atoms with Crippen LogP contribution in [0.25, 0.3) is 11.0 Å². The Balaban J connectivity index is 1.86. The van der Waals surface area contributed by atoms with Crippen molar-refractivity contribution in [2.45, 2.75) is 25.5 Å². The number of hydrogen-bond donors (Lipinski definition) is 0. The van der Waals surface area contributed by atoms with E-state index in [4.69, 9.17) is 25.7 Å². The predicted molar refractivity (Wildman–Crippen MR) is 80.5 cm³/mol. The lowest BCUT2D eigenvalue weighted by atomic mass is 10.2. The molecule has 2 aromatic heterocycles. The molecule has 0 aliphatic carbocycles. The van der Waals surface area contributed by atoms with Gasteiger partial charge in [0.2, 0.25) is 0 Å². The third-order valence-electron chi connectivity index (χ3n) is 3.85. The molecule has 1 aliphatic rings. The second-order valence-corrected chi connectivity index (χ2v) is 5.71. The van der Waals surface area contributed by atoms with Gasteiger partial charge in [0.05, 0.1) is 23.8 Å². The van der Waals surface area contributed by atoms with Gasteiger partial charge in [-0.1, -0.05) is 11.6 Å². The van der Waals surface area contributed by atoms with Crippen molar-refractivity contribution < 1.29 is 9.15 Å². The van der Waals surface area contributed by atoms with Gasteiger partial charge >= 0.3 is 0 Å². The molecule has 5 heteroatoms. The highest BCUT2D eigenvalue weighted by atomic mass is 35.5. The van der Waals surface area contributed by atoms with E-state index in [1.54, 1.807) is 6.26 Å². The number of aromatic nitrogens is 2. The second kappa shape index (κ2) is 5.20. The lowest BCUT2D eigenvalue weighted by molar-refractivity contribution is 0.102. The van der Waals surface area contributed by atoms with Crippen molar-refractivity contribution in [2.24, 2.45) is 0 Å². The number of nitrogens with zero attached hydrogens (tertiary/aromatic N) is 2. The van der Waals surface area contributed by atoms with Crippen molar-refractivity contribution in [3.63, 3.8) is 0 Å². The number of halogens is 1. The van der Waals surface area contributed by atoms with Crippen molar-refractivity contribution in [3.8, 4) is 0 Å². The van der Waals surface area contributed by atoms with E-state index in [-0.39, 0.29) is 6.10 Å². The lowest BCUT2D eigenvalue weighted by Crippen LogP contribution is -2.09. The molecule has 1 aliphatic heterocycles. The van der Waals surface area contributed by atoms with Crippen LogP contribution in [0.1, 0.15) is 30.5 Å². The van der Waals surface area contributed by atoms with Crippen molar-refractivity contribution in [1.82, 2.24) is 9.55 Å². The Morgan fingerprint density at radius 2 is 2.29 bits per heavy atom. The Labute approximate surface area is 127 Å². The Bertz CT molecular complexity index is 758. The quantitative estimate of drug-likeness (QED) is 0.728. The highest BCUT2D eigenvalue weighted by Crippen LogP contribution is 2.32. The highest BCUT2D eigenvalue weighted by Gasteiger charge is 2.25. The first kappa shape index (κ1) is 12.9. The maximum absolute atomic E-state index is 6.15. The summed E-state index contributed by atoms with van der Waals surface area (Å²) in [5.74, 6) is 1.86. The Morgan fingerprint density at radius 3 is 3.05 bits per heavy atom. The number of fused-ring (bicyclic) bond motifs is 1. The van der Waals surface area contributed by atoms with Gasteiger partial charge in [0.1, 0.15) is 17.7 Å². The molecule has 1 unspecified atom stereocenters. The molecule has 3 aromatic rings. The van der Waals surface area contributed by atoms with Gasteiger partial charge in [0.25, 0.3) is 0 Å². The average molecular weight is 303 g/mol. The van der Waals surface area contributed by atoms with E-state index in [0.717, 1.165) is 42.1 Å². The van der Waals surface area contributed by atoms with Crippen LogP contribution in [-0.4, -0.2) is 16.2 Å². The number of furan rings is 1. The third-order valence-corrected chi connectivity index (χ3v) is 4.09. The topological polar surface area (TPSA) is 40.2 Å². The SMILES string of the molecule is Clc1ccc2nc(C3CCCO3)n(Cc3ccco3)c2c1. The molecule has 1 aromatic carbocycles. The number of ether oxygens (including phenoxy) is 1. The van der Waals surface area contributed by atoms with E-state index in [2.05, 4.69) is 4.57 Å². The zero-order valence-corrected chi connectivity index (χ0v) is 12.2. The van der Waals surface area contributed by atoms with Crippen LogP contribution in [0.2, 0.25) is 5.02 Å². The van der Waals surface area contributed by atoms with E-state index < -0.39 is 0 Å². The van der Waals surface area contributed by atoms with Gasteiger partial charge in [0, 0.05) is 11.6 Å². The van der Waals surface area contributed by atoms with Crippen LogP contribution in [0.4, 0.5) is 0 Å². The maximum atomic E-state index is 6.15. The Kier molecular flexibility index (Phi) is 3.20. The van der Waals surface area contributed by atoms with Gasteiger partial charge in [-0.2, -0.15) is 0 Å². The van der Waals surface area contributed by atoms with E-state index in [1.807, 2.05) is 30.3 Å². The molecular weight excluding hydrogens is 288 g/mol. The van der Waals surface area contributed by atoms with Crippen LogP contribution in [0, 0.1) is 0 Å². The van der Waals surface area contributed by atoms with Gasteiger partial charge in [-0.15, -0.1) is 0 Å². The molecule has 1 saturated heterocycles. The largest absolute Gasteiger partial charge is 0.467 e. The van der Waals surface area contributed by atoms with Gasteiger partial charge in [-0.05, 0) is 43.2 Å². The molecule has 1 fully saturated rings. The average Bonchev–Trinajstić information content (AvgIpc) is 3.20. The summed E-state index contributed by atoms with van der Waals surface area (Å²) in [5.41, 5.74) is 1.96. The molecule has 0 amide bonds. The molecule has 0 radical (unpaired) electrons. The number of hydrogen-bond acceptors (Lipinski definition) is 3. The zero-order valence-electron chi connectivity index (χ0n) is 11.5. The van der Waals surface area contributed by atoms with Gasteiger partial charge in [0.15, 0.2) is 0 Å². The first-order valence-corrected chi connectivity index (χ1v) is 7.49. The maximum Gasteiger partial charge on any atom is 0.139 e. The highest BCUT2D eigenvalue weighted by molar-refractivity contribution is 6.31. The van der Waals surface area contributed by atoms with Crippen LogP contribution < -0.4 is 0 Å². The fraction of sp³-hybridized carbons (Fsp3) is 0.312. The van der Waals surface area contributed by atoms with Crippen molar-refractivity contribution >= 4 is 22.6 Å². The minimum atomic E-state index is 0.0612. The molecule has 3 heterocycles. The first-order chi connectivity index (χ1) is 10.3. The van der Waals surface area contributed by atoms with Crippen molar-refractivity contribution in [2.75, 3.05) is 6.61 Å². The summed E-state index contributed by atoms with van der Waals surface area (Å²) in [6.07, 6.45) is 3.84. The molecule has 108 valence electrons. The lowest BCUT2D eigenvalue weighted by Gasteiger charge is -2.12. The minimum absolute atomic E-state index is 0.0612. The van der Waals surface area contributed by atoms with Crippen LogP contribution in [0.15, 0.2) is 41.0 Å². The summed E-state index contributed by atoms with van der Waals surface area (Å²) in [4.78, 5) is 4.75. The van der Waals surface area contributed by atoms with E-state index in [1.165, 1.54) is 0 Å². The number of rotatable bonds is 3. The molecule has 0 N–H and O–H groups in total. The zero-order chi connectivity index (χ0) is 14.2. The smallest absolute Gasteiger partial charge is 0.139 e. The molecule has 4 nitrogen and oxygen atoms in total. The van der Waals surface area contributed by atoms with Crippen LogP contribution >= 0.6 is 11.6 Å². The van der Waals surface area contributed by atoms with Gasteiger partial charge in [-0.25, -0.2) is 4.98 Å². The predicted octanol–water partition coefficient (Wildman–Crippen LogP) is 4.18. The molecular formula is C16H15ClN2O2. The molecule has 4 rings (SSSR count). The normalized spacial score (nSPS) is 18.6. The summed E-state index contributed by atoms with van der Waals surface area (Å²) in [5, 5.41) is 0.710. The number of benzene rings is 1. The van der Waals surface area contributed by atoms with Gasteiger partial charge in [-0.3, -0.25) is 0 Å². The van der Waals surface area contributed by atoms with Crippen LogP contribution in [0.3, 0.4) is 0 Å². The number of imidazole rings is 1. The third kappa shape index (κ3) is 2.34. The fourth-order valence-electron chi connectivity index (χ4n) is 2.87. The summed E-state index contributed by atoms with van der Waals surface area (Å²) in [6, 6.07) is 9.64. The Morgan fingerprint density at radius 1 is 1.33 bits per heavy atom. The minimum Gasteiger partial charge on any atom is -0.467 e. The molecule has 0 bridgehead atoms. The monoisotopic (exact) mass is 302 g/mol. The van der Waals surface area contributed by atoms with E-state index in [0.29, 0.717) is 11.6 Å². The summed E-state index contributed by atoms with van der Waals surface area (Å²) in [6.45, 7) is 1.44. The standard InChI is InChI=1S/C16H15ClN2O2/c17-11-5-6-13-14(9-11)19(10-12-3-1-7-20-12)16(18-13)15-4-2-8-21-15/h1,3,5-7,9,15H,2,4,8,10H2. The molecule has 0 saturated carbocycles. The van der Waals surface area contributed by atoms with E-state index >= 15 is 0 Å². The summed E-state index contributed by atoms with van der Waals surface area (Å²) in [7, 11) is 0. The second-order valence-electron chi connectivity index (χ2n) is 5.27. The van der Waals surface area contributed by atoms with Crippen LogP contribution in [-0.2, 0) is 11.3 Å². The first-order valence-electron chi connectivity index (χ1n) is 7.11. The molecule has 0 spiro atoms. The van der Waals surface area contributed by atoms with Crippen LogP contribution in [0.5, 0.6) is 0 Å².